The highest BCUT2D eigenvalue weighted by molar-refractivity contribution is 6.14. The van der Waals surface area contributed by atoms with Gasteiger partial charge in [-0.2, -0.15) is 0 Å². The Labute approximate surface area is 103 Å². The molecule has 3 nitrogen and oxygen atoms in total. The molecule has 1 unspecified atom stereocenters. The number of ether oxygens (including phenoxy) is 1. The van der Waals surface area contributed by atoms with E-state index in [1.54, 1.807) is 14.2 Å². The molecular weight excluding hydrogens is 214 g/mol. The number of rotatable bonds is 4. The van der Waals surface area contributed by atoms with E-state index in [0.717, 1.165) is 29.0 Å². The summed E-state index contributed by atoms with van der Waals surface area (Å²) in [5.41, 5.74) is 2.83. The van der Waals surface area contributed by atoms with Gasteiger partial charge in [-0.05, 0) is 24.0 Å². The van der Waals surface area contributed by atoms with Gasteiger partial charge in [0.1, 0.15) is 11.5 Å². The molecule has 0 radical (unpaired) electrons. The van der Waals surface area contributed by atoms with Crippen molar-refractivity contribution in [3.05, 3.63) is 35.1 Å². The lowest BCUT2D eigenvalue weighted by Crippen LogP contribution is -2.16. The number of methoxy groups -OCH3 is 1. The standard InChI is InChI=1S/C14H21NO2/c1-5-10(2)12(9-16)11-7-6-8-13(17-4)14(11)15-3/h6-8,10,16H,5,9H2,1-4H3/b12-11-,15-14+. The van der Waals surface area contributed by atoms with Gasteiger partial charge in [0, 0.05) is 12.6 Å². The minimum atomic E-state index is 0.0602. The van der Waals surface area contributed by atoms with Crippen molar-refractivity contribution in [2.24, 2.45) is 10.9 Å². The number of aliphatic imine (C=N–C) groups is 1. The van der Waals surface area contributed by atoms with Gasteiger partial charge in [0.25, 0.3) is 0 Å². The fourth-order valence-electron chi connectivity index (χ4n) is 1.93. The van der Waals surface area contributed by atoms with Crippen molar-refractivity contribution in [3.63, 3.8) is 0 Å². The summed E-state index contributed by atoms with van der Waals surface area (Å²) in [6, 6.07) is 0. The van der Waals surface area contributed by atoms with Crippen molar-refractivity contribution in [3.8, 4) is 0 Å². The lowest BCUT2D eigenvalue weighted by atomic mass is 9.89. The molecule has 0 bridgehead atoms. The highest BCUT2D eigenvalue weighted by atomic mass is 16.5. The van der Waals surface area contributed by atoms with Gasteiger partial charge in [-0.1, -0.05) is 26.0 Å². The highest BCUT2D eigenvalue weighted by Crippen LogP contribution is 2.25. The van der Waals surface area contributed by atoms with Gasteiger partial charge >= 0.3 is 0 Å². The molecule has 0 aromatic heterocycles. The third kappa shape index (κ3) is 2.86. The quantitative estimate of drug-likeness (QED) is 0.813. The first-order valence-electron chi connectivity index (χ1n) is 5.93. The van der Waals surface area contributed by atoms with Crippen molar-refractivity contribution in [2.75, 3.05) is 20.8 Å². The normalized spacial score (nSPS) is 22.4. The Morgan fingerprint density at radius 3 is 2.71 bits per heavy atom. The van der Waals surface area contributed by atoms with Gasteiger partial charge in [-0.15, -0.1) is 0 Å². The maximum atomic E-state index is 9.55. The van der Waals surface area contributed by atoms with Gasteiger partial charge < -0.3 is 9.84 Å². The smallest absolute Gasteiger partial charge is 0.144 e. The van der Waals surface area contributed by atoms with Crippen molar-refractivity contribution >= 4 is 5.71 Å². The summed E-state index contributed by atoms with van der Waals surface area (Å²) in [5.74, 6) is 1.09. The molecule has 1 atom stereocenters. The molecule has 0 aromatic rings. The molecule has 1 rings (SSSR count). The lowest BCUT2D eigenvalue weighted by Gasteiger charge is -2.20. The van der Waals surface area contributed by atoms with Crippen LogP contribution in [0.5, 0.6) is 0 Å². The average molecular weight is 235 g/mol. The molecule has 94 valence electrons. The van der Waals surface area contributed by atoms with Crippen LogP contribution in [0.15, 0.2) is 40.1 Å². The summed E-state index contributed by atoms with van der Waals surface area (Å²) in [6.07, 6.45) is 6.80. The van der Waals surface area contributed by atoms with Crippen molar-refractivity contribution < 1.29 is 9.84 Å². The molecule has 1 aliphatic rings. The van der Waals surface area contributed by atoms with Crippen LogP contribution in [0, 0.1) is 5.92 Å². The molecule has 0 fully saturated rings. The van der Waals surface area contributed by atoms with E-state index < -0.39 is 0 Å². The molecule has 17 heavy (non-hydrogen) atoms. The summed E-state index contributed by atoms with van der Waals surface area (Å²) in [4.78, 5) is 4.27. The zero-order chi connectivity index (χ0) is 12.8. The van der Waals surface area contributed by atoms with E-state index in [2.05, 4.69) is 18.8 Å². The summed E-state index contributed by atoms with van der Waals surface area (Å²) >= 11 is 0. The summed E-state index contributed by atoms with van der Waals surface area (Å²) in [6.45, 7) is 4.29. The second-order valence-corrected chi connectivity index (χ2v) is 4.07. The molecule has 1 aliphatic carbocycles. The summed E-state index contributed by atoms with van der Waals surface area (Å²) < 4.78 is 5.30. The van der Waals surface area contributed by atoms with Gasteiger partial charge in [0.2, 0.25) is 0 Å². The Balaban J connectivity index is 3.25. The molecule has 1 N–H and O–H groups in total. The van der Waals surface area contributed by atoms with Crippen molar-refractivity contribution in [1.29, 1.82) is 0 Å². The molecule has 0 spiro atoms. The van der Waals surface area contributed by atoms with Crippen LogP contribution in [0.25, 0.3) is 0 Å². The monoisotopic (exact) mass is 235 g/mol. The zero-order valence-electron chi connectivity index (χ0n) is 11.0. The predicted octanol–water partition coefficient (Wildman–Crippen LogP) is 2.49. The SMILES string of the molecule is CCC(C)/C(CO)=C1/C=CC=C(OC)/C1=N/C. The van der Waals surface area contributed by atoms with Crippen LogP contribution >= 0.6 is 0 Å². The number of nitrogens with zero attached hydrogens (tertiary/aromatic N) is 1. The van der Waals surface area contributed by atoms with E-state index in [0.29, 0.717) is 5.92 Å². The Morgan fingerprint density at radius 1 is 1.53 bits per heavy atom. The number of aliphatic hydroxyl groups excluding tert-OH is 1. The number of allylic oxidation sites excluding steroid dienone is 4. The number of aliphatic hydroxyl groups is 1. The van der Waals surface area contributed by atoms with Crippen LogP contribution in [0.3, 0.4) is 0 Å². The van der Waals surface area contributed by atoms with Gasteiger partial charge in [0.05, 0.1) is 13.7 Å². The van der Waals surface area contributed by atoms with Gasteiger partial charge in [-0.3, -0.25) is 4.99 Å². The predicted molar refractivity (Wildman–Crippen MR) is 71.2 cm³/mol. The van der Waals surface area contributed by atoms with E-state index in [-0.39, 0.29) is 6.61 Å². The van der Waals surface area contributed by atoms with Crippen LogP contribution < -0.4 is 0 Å². The van der Waals surface area contributed by atoms with E-state index in [4.69, 9.17) is 4.74 Å². The minimum Gasteiger partial charge on any atom is -0.494 e. The molecule has 0 heterocycles. The molecule has 0 amide bonds. The minimum absolute atomic E-state index is 0.0602. The maximum Gasteiger partial charge on any atom is 0.144 e. The summed E-state index contributed by atoms with van der Waals surface area (Å²) in [5, 5.41) is 9.55. The topological polar surface area (TPSA) is 41.8 Å². The first-order valence-corrected chi connectivity index (χ1v) is 5.93. The van der Waals surface area contributed by atoms with Crippen LogP contribution in [-0.2, 0) is 4.74 Å². The largest absolute Gasteiger partial charge is 0.494 e. The summed E-state index contributed by atoms with van der Waals surface area (Å²) in [7, 11) is 3.38. The molecular formula is C14H21NO2. The van der Waals surface area contributed by atoms with Crippen molar-refractivity contribution in [2.45, 2.75) is 20.3 Å². The van der Waals surface area contributed by atoms with E-state index in [9.17, 15) is 5.11 Å². The first kappa shape index (κ1) is 13.7. The van der Waals surface area contributed by atoms with E-state index in [1.807, 2.05) is 18.2 Å². The van der Waals surface area contributed by atoms with Crippen LogP contribution in [0.4, 0.5) is 0 Å². The van der Waals surface area contributed by atoms with Crippen molar-refractivity contribution in [1.82, 2.24) is 0 Å². The third-order valence-corrected chi connectivity index (χ3v) is 3.17. The highest BCUT2D eigenvalue weighted by Gasteiger charge is 2.19. The second kappa shape index (κ2) is 6.40. The van der Waals surface area contributed by atoms with Crippen LogP contribution in [0.2, 0.25) is 0 Å². The zero-order valence-corrected chi connectivity index (χ0v) is 11.0. The molecule has 0 saturated carbocycles. The Kier molecular flexibility index (Phi) is 5.16. The number of hydrogen-bond donors (Lipinski definition) is 1. The van der Waals surface area contributed by atoms with Crippen LogP contribution in [-0.4, -0.2) is 31.6 Å². The fraction of sp³-hybridized carbons (Fsp3) is 0.500. The van der Waals surface area contributed by atoms with Gasteiger partial charge in [0.15, 0.2) is 0 Å². The molecule has 0 aromatic carbocycles. The van der Waals surface area contributed by atoms with Crippen LogP contribution in [0.1, 0.15) is 20.3 Å². The van der Waals surface area contributed by atoms with E-state index >= 15 is 0 Å². The molecule has 0 aliphatic heterocycles. The molecule has 0 saturated heterocycles. The Hall–Kier alpha value is -1.35. The second-order valence-electron chi connectivity index (χ2n) is 4.07. The lowest BCUT2D eigenvalue weighted by molar-refractivity contribution is 0.310. The fourth-order valence-corrected chi connectivity index (χ4v) is 1.93. The van der Waals surface area contributed by atoms with E-state index in [1.165, 1.54) is 0 Å². The average Bonchev–Trinajstić information content (AvgIpc) is 2.38. The van der Waals surface area contributed by atoms with Gasteiger partial charge in [-0.25, -0.2) is 0 Å². The first-order chi connectivity index (χ1) is 8.19. The third-order valence-electron chi connectivity index (χ3n) is 3.17. The Bertz CT molecular complexity index is 389. The maximum absolute atomic E-state index is 9.55. The Morgan fingerprint density at radius 2 is 2.24 bits per heavy atom. The molecule has 3 heteroatoms. The number of hydrogen-bond acceptors (Lipinski definition) is 3.